The molecule has 2 N–H and O–H groups in total. The van der Waals surface area contributed by atoms with Crippen molar-refractivity contribution in [3.8, 4) is 23.0 Å². The van der Waals surface area contributed by atoms with Crippen LogP contribution in [-0.2, 0) is 9.59 Å². The highest BCUT2D eigenvalue weighted by atomic mass is 16.5. The monoisotopic (exact) mass is 386 g/mol. The molecule has 0 aliphatic rings. The molecule has 28 heavy (non-hydrogen) atoms. The Labute approximate surface area is 164 Å². The summed E-state index contributed by atoms with van der Waals surface area (Å²) in [6.07, 6.45) is 3.60. The Hall–Kier alpha value is -3.02. The van der Waals surface area contributed by atoms with Gasteiger partial charge in [0, 0.05) is 12.8 Å². The average Bonchev–Trinajstić information content (AvgIpc) is 2.64. The summed E-state index contributed by atoms with van der Waals surface area (Å²) in [5.41, 5.74) is 1.30. The van der Waals surface area contributed by atoms with Gasteiger partial charge in [-0.2, -0.15) is 0 Å². The standard InChI is InChI=1S/C22H26O6/c1-15-13-17(9-11-19(15)23)27-21(25)7-5-3-4-6-8-22(26)28-18-10-12-20(24)16(2)14-18/h9-14,23-24H,3-8H2,1-2H3. The fourth-order valence-electron chi connectivity index (χ4n) is 2.64. The van der Waals surface area contributed by atoms with Gasteiger partial charge in [-0.05, 0) is 74.2 Å². The number of carbonyl (C=O) groups excluding carboxylic acids is 2. The molecule has 150 valence electrons. The molecule has 0 saturated carbocycles. The van der Waals surface area contributed by atoms with Crippen LogP contribution in [0.15, 0.2) is 36.4 Å². The molecular weight excluding hydrogens is 360 g/mol. The Morgan fingerprint density at radius 1 is 0.714 bits per heavy atom. The molecule has 0 saturated heterocycles. The van der Waals surface area contributed by atoms with Crippen LogP contribution in [0.1, 0.15) is 49.7 Å². The first kappa shape index (κ1) is 21.3. The van der Waals surface area contributed by atoms with E-state index in [0.717, 1.165) is 12.8 Å². The minimum absolute atomic E-state index is 0.166. The van der Waals surface area contributed by atoms with Gasteiger partial charge >= 0.3 is 11.9 Å². The number of hydrogen-bond donors (Lipinski definition) is 2. The second-order valence-corrected chi connectivity index (χ2v) is 6.76. The van der Waals surface area contributed by atoms with Crippen molar-refractivity contribution in [1.29, 1.82) is 0 Å². The second-order valence-electron chi connectivity index (χ2n) is 6.76. The highest BCUT2D eigenvalue weighted by Gasteiger charge is 2.08. The average molecular weight is 386 g/mol. The largest absolute Gasteiger partial charge is 0.508 e. The van der Waals surface area contributed by atoms with Gasteiger partial charge in [-0.3, -0.25) is 9.59 Å². The minimum Gasteiger partial charge on any atom is -0.508 e. The summed E-state index contributed by atoms with van der Waals surface area (Å²) >= 11 is 0. The SMILES string of the molecule is Cc1cc(OC(=O)CCCCCCC(=O)Oc2ccc(O)c(C)c2)ccc1O. The normalized spacial score (nSPS) is 10.5. The molecule has 0 aliphatic heterocycles. The molecule has 2 aromatic carbocycles. The molecule has 2 rings (SSSR count). The number of rotatable bonds is 9. The molecule has 0 aliphatic carbocycles. The van der Waals surface area contributed by atoms with Crippen LogP contribution in [0.3, 0.4) is 0 Å². The number of benzene rings is 2. The summed E-state index contributed by atoms with van der Waals surface area (Å²) in [5, 5.41) is 18.9. The third-order valence-corrected chi connectivity index (χ3v) is 4.31. The van der Waals surface area contributed by atoms with Gasteiger partial charge in [-0.25, -0.2) is 0 Å². The zero-order valence-electron chi connectivity index (χ0n) is 16.2. The first-order chi connectivity index (χ1) is 13.3. The molecule has 0 fully saturated rings. The van der Waals surface area contributed by atoms with Crippen LogP contribution in [0.2, 0.25) is 0 Å². The van der Waals surface area contributed by atoms with E-state index in [1.807, 2.05) is 0 Å². The van der Waals surface area contributed by atoms with Crippen LogP contribution in [0.25, 0.3) is 0 Å². The van der Waals surface area contributed by atoms with Crippen molar-refractivity contribution in [2.45, 2.75) is 52.4 Å². The van der Waals surface area contributed by atoms with Crippen molar-refractivity contribution >= 4 is 11.9 Å². The Kier molecular flexibility index (Phi) is 7.87. The van der Waals surface area contributed by atoms with Crippen LogP contribution in [0.4, 0.5) is 0 Å². The molecule has 6 nitrogen and oxygen atoms in total. The van der Waals surface area contributed by atoms with Crippen molar-refractivity contribution < 1.29 is 29.3 Å². The number of phenols is 2. The second kappa shape index (κ2) is 10.3. The van der Waals surface area contributed by atoms with E-state index < -0.39 is 0 Å². The zero-order valence-corrected chi connectivity index (χ0v) is 16.2. The third-order valence-electron chi connectivity index (χ3n) is 4.31. The summed E-state index contributed by atoms with van der Waals surface area (Å²) in [7, 11) is 0. The van der Waals surface area contributed by atoms with Gasteiger partial charge in [-0.1, -0.05) is 12.8 Å². The fourth-order valence-corrected chi connectivity index (χ4v) is 2.64. The van der Waals surface area contributed by atoms with E-state index in [1.54, 1.807) is 38.1 Å². The quantitative estimate of drug-likeness (QED) is 0.373. The fraction of sp³-hybridized carbons (Fsp3) is 0.364. The summed E-state index contributed by atoms with van der Waals surface area (Å²) in [6, 6.07) is 9.35. The first-order valence-electron chi connectivity index (χ1n) is 9.36. The van der Waals surface area contributed by atoms with Crippen LogP contribution in [0.5, 0.6) is 23.0 Å². The predicted molar refractivity (Wildman–Crippen MR) is 105 cm³/mol. The Bertz CT molecular complexity index is 758. The van der Waals surface area contributed by atoms with Crippen LogP contribution < -0.4 is 9.47 Å². The van der Waals surface area contributed by atoms with Gasteiger partial charge in [-0.15, -0.1) is 0 Å². The number of aryl methyl sites for hydroxylation is 2. The van der Waals surface area contributed by atoms with Crippen molar-refractivity contribution in [3.63, 3.8) is 0 Å². The number of unbranched alkanes of at least 4 members (excludes halogenated alkanes) is 3. The number of ether oxygens (including phenoxy) is 2. The van der Waals surface area contributed by atoms with Crippen molar-refractivity contribution in [2.24, 2.45) is 0 Å². The topological polar surface area (TPSA) is 93.1 Å². The molecule has 0 heterocycles. The van der Waals surface area contributed by atoms with E-state index in [-0.39, 0.29) is 23.4 Å². The van der Waals surface area contributed by atoms with Crippen LogP contribution >= 0.6 is 0 Å². The first-order valence-corrected chi connectivity index (χ1v) is 9.36. The molecule has 6 heteroatoms. The number of esters is 2. The highest BCUT2D eigenvalue weighted by molar-refractivity contribution is 5.73. The molecule has 0 amide bonds. The zero-order chi connectivity index (χ0) is 20.5. The maximum Gasteiger partial charge on any atom is 0.311 e. The molecule has 0 spiro atoms. The summed E-state index contributed by atoms with van der Waals surface area (Å²) in [6.45, 7) is 3.47. The Morgan fingerprint density at radius 2 is 1.11 bits per heavy atom. The number of hydrogen-bond acceptors (Lipinski definition) is 6. The summed E-state index contributed by atoms with van der Waals surface area (Å²) < 4.78 is 10.5. The van der Waals surface area contributed by atoms with Gasteiger partial charge in [0.25, 0.3) is 0 Å². The lowest BCUT2D eigenvalue weighted by molar-refractivity contribution is -0.135. The molecule has 0 bridgehead atoms. The lowest BCUT2D eigenvalue weighted by atomic mass is 10.1. The number of carbonyl (C=O) groups is 2. The van der Waals surface area contributed by atoms with E-state index in [1.165, 1.54) is 12.1 Å². The Morgan fingerprint density at radius 3 is 1.46 bits per heavy atom. The van der Waals surface area contributed by atoms with Gasteiger partial charge in [0.05, 0.1) is 0 Å². The maximum absolute atomic E-state index is 11.8. The van der Waals surface area contributed by atoms with Crippen molar-refractivity contribution in [1.82, 2.24) is 0 Å². The molecule has 2 aromatic rings. The summed E-state index contributed by atoms with van der Waals surface area (Å²) in [4.78, 5) is 23.7. The predicted octanol–water partition coefficient (Wildman–Crippen LogP) is 4.57. The highest BCUT2D eigenvalue weighted by Crippen LogP contribution is 2.23. The number of aromatic hydroxyl groups is 2. The molecule has 0 atom stereocenters. The minimum atomic E-state index is -0.313. The number of phenolic OH excluding ortho intramolecular Hbond substituents is 2. The molecular formula is C22H26O6. The van der Waals surface area contributed by atoms with E-state index >= 15 is 0 Å². The lowest BCUT2D eigenvalue weighted by Gasteiger charge is -2.07. The van der Waals surface area contributed by atoms with Gasteiger partial charge in [0.2, 0.25) is 0 Å². The summed E-state index contributed by atoms with van der Waals surface area (Å²) in [5.74, 6) is 0.553. The van der Waals surface area contributed by atoms with Crippen molar-refractivity contribution in [2.75, 3.05) is 0 Å². The maximum atomic E-state index is 11.8. The van der Waals surface area contributed by atoms with E-state index in [4.69, 9.17) is 9.47 Å². The Balaban J connectivity index is 1.58. The van der Waals surface area contributed by atoms with Gasteiger partial charge < -0.3 is 19.7 Å². The van der Waals surface area contributed by atoms with E-state index in [9.17, 15) is 19.8 Å². The van der Waals surface area contributed by atoms with Crippen molar-refractivity contribution in [3.05, 3.63) is 47.5 Å². The molecule has 0 radical (unpaired) electrons. The smallest absolute Gasteiger partial charge is 0.311 e. The van der Waals surface area contributed by atoms with Crippen LogP contribution in [0, 0.1) is 13.8 Å². The molecule has 0 aromatic heterocycles. The van der Waals surface area contributed by atoms with E-state index in [2.05, 4.69) is 0 Å². The van der Waals surface area contributed by atoms with Gasteiger partial charge in [0.15, 0.2) is 0 Å². The third kappa shape index (κ3) is 6.95. The van der Waals surface area contributed by atoms with Crippen LogP contribution in [-0.4, -0.2) is 22.2 Å². The van der Waals surface area contributed by atoms with E-state index in [0.29, 0.717) is 48.3 Å². The molecule has 0 unspecified atom stereocenters. The lowest BCUT2D eigenvalue weighted by Crippen LogP contribution is -2.08. The van der Waals surface area contributed by atoms with Gasteiger partial charge in [0.1, 0.15) is 23.0 Å².